The molecular formula is C46H34. The van der Waals surface area contributed by atoms with Crippen molar-refractivity contribution >= 4 is 50.9 Å². The van der Waals surface area contributed by atoms with E-state index < -0.39 is 0 Å². The number of hydrogen-bond donors (Lipinski definition) is 0. The molecule has 0 spiro atoms. The van der Waals surface area contributed by atoms with E-state index in [0.29, 0.717) is 0 Å². The van der Waals surface area contributed by atoms with Crippen LogP contribution in [0.15, 0.2) is 175 Å². The van der Waals surface area contributed by atoms with Crippen molar-refractivity contribution < 1.29 is 0 Å². The van der Waals surface area contributed by atoms with Crippen LogP contribution in [0.5, 0.6) is 0 Å². The third kappa shape index (κ3) is 5.40. The molecule has 0 saturated carbocycles. The van der Waals surface area contributed by atoms with Gasteiger partial charge in [0, 0.05) is 0 Å². The predicted octanol–water partition coefficient (Wildman–Crippen LogP) is 12.2. The number of benzene rings is 6. The molecule has 6 aromatic carbocycles. The van der Waals surface area contributed by atoms with Crippen molar-refractivity contribution in [3.63, 3.8) is 0 Å². The van der Waals surface area contributed by atoms with Crippen molar-refractivity contribution in [3.05, 3.63) is 208 Å². The molecule has 0 nitrogen and oxygen atoms in total. The summed E-state index contributed by atoms with van der Waals surface area (Å²) in [5.74, 6) is 0. The molecule has 2 aliphatic rings. The molecule has 2 bridgehead atoms. The SMILES string of the molecule is C1=CC=C(c2ccccc2)C2=C(C=Cc3cc4ccccc4c4cccc(c34)CC2)C(c2ccccc2)=Cc2cccc(c2)C=C1. The van der Waals surface area contributed by atoms with Crippen LogP contribution in [0, 0.1) is 0 Å². The highest BCUT2D eigenvalue weighted by Gasteiger charge is 2.20. The van der Waals surface area contributed by atoms with Crippen LogP contribution >= 0.6 is 0 Å². The molecule has 0 amide bonds. The first-order chi connectivity index (χ1) is 22.8. The summed E-state index contributed by atoms with van der Waals surface area (Å²) in [5, 5.41) is 5.27. The van der Waals surface area contributed by atoms with Gasteiger partial charge in [-0.05, 0) is 108 Å². The smallest absolute Gasteiger partial charge is 0.00728 e. The van der Waals surface area contributed by atoms with Crippen LogP contribution < -0.4 is 0 Å². The van der Waals surface area contributed by atoms with Gasteiger partial charge in [0.15, 0.2) is 0 Å². The lowest BCUT2D eigenvalue weighted by Gasteiger charge is -2.20. The molecule has 218 valence electrons. The lowest BCUT2D eigenvalue weighted by molar-refractivity contribution is 0.974. The van der Waals surface area contributed by atoms with Gasteiger partial charge in [0.25, 0.3) is 0 Å². The zero-order valence-electron chi connectivity index (χ0n) is 25.7. The Hall–Kier alpha value is -5.72. The summed E-state index contributed by atoms with van der Waals surface area (Å²) in [4.78, 5) is 0. The molecule has 0 aliphatic heterocycles. The average molecular weight is 587 g/mol. The van der Waals surface area contributed by atoms with E-state index in [1.165, 1.54) is 77.2 Å². The van der Waals surface area contributed by atoms with E-state index in [4.69, 9.17) is 0 Å². The highest BCUT2D eigenvalue weighted by molar-refractivity contribution is 6.12. The number of fused-ring (bicyclic) bond motifs is 4. The summed E-state index contributed by atoms with van der Waals surface area (Å²) in [6.07, 6.45) is 19.9. The van der Waals surface area contributed by atoms with Crippen molar-refractivity contribution in [2.45, 2.75) is 12.8 Å². The van der Waals surface area contributed by atoms with Gasteiger partial charge < -0.3 is 0 Å². The zero-order valence-corrected chi connectivity index (χ0v) is 25.7. The fraction of sp³-hybridized carbons (Fsp3) is 0.0435. The molecule has 0 atom stereocenters. The van der Waals surface area contributed by atoms with E-state index in [1.54, 1.807) is 0 Å². The summed E-state index contributed by atoms with van der Waals surface area (Å²) >= 11 is 0. The second kappa shape index (κ2) is 12.3. The number of hydrogen-bond acceptors (Lipinski definition) is 0. The van der Waals surface area contributed by atoms with E-state index >= 15 is 0 Å². The molecular weight excluding hydrogens is 553 g/mol. The van der Waals surface area contributed by atoms with Crippen LogP contribution in [0.2, 0.25) is 0 Å². The van der Waals surface area contributed by atoms with Crippen molar-refractivity contribution in [2.75, 3.05) is 0 Å². The molecule has 6 aromatic rings. The summed E-state index contributed by atoms with van der Waals surface area (Å²) < 4.78 is 0. The van der Waals surface area contributed by atoms with Gasteiger partial charge in [-0.2, -0.15) is 0 Å². The molecule has 0 radical (unpaired) electrons. The Bertz CT molecular complexity index is 2270. The first kappa shape index (κ1) is 27.8. The van der Waals surface area contributed by atoms with E-state index in [1.807, 2.05) is 0 Å². The molecule has 0 heterocycles. The Morgan fingerprint density at radius 2 is 1.17 bits per heavy atom. The summed E-state index contributed by atoms with van der Waals surface area (Å²) in [6, 6.07) is 48.6. The van der Waals surface area contributed by atoms with Gasteiger partial charge in [0.1, 0.15) is 0 Å². The molecule has 0 fully saturated rings. The molecule has 2 aliphatic carbocycles. The maximum atomic E-state index is 2.39. The number of allylic oxidation sites excluding steroid dienone is 9. The Labute approximate surface area is 271 Å². The maximum absolute atomic E-state index is 2.39. The van der Waals surface area contributed by atoms with Crippen molar-refractivity contribution in [1.82, 2.24) is 0 Å². The Morgan fingerprint density at radius 1 is 0.457 bits per heavy atom. The molecule has 0 unspecified atom stereocenters. The zero-order chi connectivity index (χ0) is 30.7. The van der Waals surface area contributed by atoms with Crippen LogP contribution in [-0.2, 0) is 6.42 Å². The van der Waals surface area contributed by atoms with Gasteiger partial charge in [0.2, 0.25) is 0 Å². The lowest BCUT2D eigenvalue weighted by atomic mass is 9.84. The normalized spacial score (nSPS) is 14.7. The number of aryl methyl sites for hydroxylation is 1. The standard InChI is InChI=1S/C46H34/c1-4-14-33-15-12-16-34(30-33)31-45(36-19-7-3-8-20-36)43-29-27-39-32-38-21-10-11-24-41(38)44-25-13-22-37(46(39)44)26-28-42(43)40(23-9-1)35-17-5-2-6-18-35/h1-25,27,29-32H,26,28H2. The third-order valence-corrected chi connectivity index (χ3v) is 9.18. The third-order valence-electron chi connectivity index (χ3n) is 9.18. The van der Waals surface area contributed by atoms with Gasteiger partial charge >= 0.3 is 0 Å². The van der Waals surface area contributed by atoms with Crippen LogP contribution in [0.25, 0.3) is 50.9 Å². The minimum absolute atomic E-state index is 0.902. The van der Waals surface area contributed by atoms with E-state index in [2.05, 4.69) is 182 Å². The second-order valence-corrected chi connectivity index (χ2v) is 12.0. The molecule has 0 saturated heterocycles. The highest BCUT2D eigenvalue weighted by atomic mass is 14.2. The fourth-order valence-electron chi connectivity index (χ4n) is 7.04. The fourth-order valence-corrected chi connectivity index (χ4v) is 7.04. The van der Waals surface area contributed by atoms with Crippen molar-refractivity contribution in [2.24, 2.45) is 0 Å². The Kier molecular flexibility index (Phi) is 7.46. The first-order valence-corrected chi connectivity index (χ1v) is 16.1. The topological polar surface area (TPSA) is 0 Å². The number of rotatable bonds is 2. The van der Waals surface area contributed by atoms with E-state index in [0.717, 1.165) is 12.8 Å². The highest BCUT2D eigenvalue weighted by Crippen LogP contribution is 2.41. The van der Waals surface area contributed by atoms with Gasteiger partial charge in [0.05, 0.1) is 0 Å². The Morgan fingerprint density at radius 3 is 2.02 bits per heavy atom. The molecule has 0 aromatic heterocycles. The minimum Gasteiger partial charge on any atom is -0.0622 e. The predicted molar refractivity (Wildman–Crippen MR) is 199 cm³/mol. The second-order valence-electron chi connectivity index (χ2n) is 12.0. The summed E-state index contributed by atoms with van der Waals surface area (Å²) in [7, 11) is 0. The minimum atomic E-state index is 0.902. The quantitative estimate of drug-likeness (QED) is 0.177. The molecule has 0 heteroatoms. The monoisotopic (exact) mass is 586 g/mol. The lowest BCUT2D eigenvalue weighted by Crippen LogP contribution is -2.01. The average Bonchev–Trinajstić information content (AvgIpc) is 3.18. The van der Waals surface area contributed by atoms with Gasteiger partial charge in [-0.3, -0.25) is 0 Å². The van der Waals surface area contributed by atoms with Crippen molar-refractivity contribution in [3.8, 4) is 0 Å². The van der Waals surface area contributed by atoms with Gasteiger partial charge in [-0.15, -0.1) is 0 Å². The van der Waals surface area contributed by atoms with Gasteiger partial charge in [-0.1, -0.05) is 164 Å². The van der Waals surface area contributed by atoms with Crippen LogP contribution in [0.3, 0.4) is 0 Å². The van der Waals surface area contributed by atoms with Crippen molar-refractivity contribution in [1.29, 1.82) is 0 Å². The van der Waals surface area contributed by atoms with Gasteiger partial charge in [-0.25, -0.2) is 0 Å². The van der Waals surface area contributed by atoms with Crippen LogP contribution in [0.4, 0.5) is 0 Å². The summed E-state index contributed by atoms with van der Waals surface area (Å²) in [5.41, 5.74) is 12.5. The molecule has 46 heavy (non-hydrogen) atoms. The maximum Gasteiger partial charge on any atom is -0.00728 e. The van der Waals surface area contributed by atoms with E-state index in [-0.39, 0.29) is 0 Å². The van der Waals surface area contributed by atoms with E-state index in [9.17, 15) is 0 Å². The van der Waals surface area contributed by atoms with Crippen LogP contribution in [0.1, 0.15) is 39.8 Å². The molecule has 8 rings (SSSR count). The van der Waals surface area contributed by atoms with Crippen LogP contribution in [-0.4, -0.2) is 0 Å². The molecule has 0 N–H and O–H groups in total. The Balaban J connectivity index is 1.46. The largest absolute Gasteiger partial charge is 0.0622 e. The summed E-state index contributed by atoms with van der Waals surface area (Å²) in [6.45, 7) is 0. The first-order valence-electron chi connectivity index (χ1n) is 16.1.